The van der Waals surface area contributed by atoms with Gasteiger partial charge < -0.3 is 15.2 Å². The van der Waals surface area contributed by atoms with Crippen LogP contribution in [0.25, 0.3) is 0 Å². The number of anilines is 1. The smallest absolute Gasteiger partial charge is 0.266 e. The van der Waals surface area contributed by atoms with Crippen molar-refractivity contribution in [3.8, 4) is 11.5 Å². The van der Waals surface area contributed by atoms with Crippen molar-refractivity contribution in [3.05, 3.63) is 58.1 Å². The van der Waals surface area contributed by atoms with Gasteiger partial charge in [-0.3, -0.25) is 15.5 Å². The molecule has 24 heavy (non-hydrogen) atoms. The van der Waals surface area contributed by atoms with E-state index in [2.05, 4.69) is 15.8 Å². The molecule has 0 radical (unpaired) electrons. The van der Waals surface area contributed by atoms with Gasteiger partial charge in [-0.05, 0) is 30.4 Å². The Morgan fingerprint density at radius 1 is 1.33 bits per heavy atom. The van der Waals surface area contributed by atoms with Gasteiger partial charge in [-0.25, -0.2) is 0 Å². The molecule has 0 aliphatic heterocycles. The van der Waals surface area contributed by atoms with Crippen LogP contribution >= 0.6 is 12.2 Å². The summed E-state index contributed by atoms with van der Waals surface area (Å²) in [6.45, 7) is 0. The number of methoxy groups -OCH3 is 1. The molecule has 0 spiro atoms. The van der Waals surface area contributed by atoms with Crippen molar-refractivity contribution in [2.75, 3.05) is 12.4 Å². The number of hydrogen-bond acceptors (Lipinski definition) is 6. The molecule has 2 N–H and O–H groups in total. The second-order valence-corrected chi connectivity index (χ2v) is 4.93. The van der Waals surface area contributed by atoms with Gasteiger partial charge in [0.05, 0.1) is 18.2 Å². The Morgan fingerprint density at radius 2 is 2.04 bits per heavy atom. The van der Waals surface area contributed by atoms with Gasteiger partial charge in [-0.2, -0.15) is 5.10 Å². The molecule has 2 rings (SSSR count). The summed E-state index contributed by atoms with van der Waals surface area (Å²) in [7, 11) is 1.26. The highest BCUT2D eigenvalue weighted by atomic mass is 32.1. The Labute approximate surface area is 142 Å². The van der Waals surface area contributed by atoms with Crippen LogP contribution in [-0.4, -0.2) is 23.4 Å². The molecule has 0 saturated heterocycles. The maximum atomic E-state index is 11.7. The van der Waals surface area contributed by atoms with Crippen molar-refractivity contribution < 1.29 is 14.8 Å². The molecule has 0 bridgehead atoms. The predicted octanol–water partition coefficient (Wildman–Crippen LogP) is 2.00. The standard InChI is InChI=1S/C15H14N4O4S/c1-23-13-8-10(7-12(14(13)20)19(21)22)9-16-18-15(24)17-11-5-3-2-4-6-11/h2-9,20H,1H3,(H2,17,18,24)/p-1/b16-9-. The molecule has 0 aliphatic carbocycles. The van der Waals surface area contributed by atoms with Crippen LogP contribution in [0.3, 0.4) is 0 Å². The number of thiocarbonyl (C=S) groups is 1. The molecular weight excluding hydrogens is 332 g/mol. The predicted molar refractivity (Wildman–Crippen MR) is 92.5 cm³/mol. The van der Waals surface area contributed by atoms with E-state index in [-0.39, 0.29) is 10.9 Å². The summed E-state index contributed by atoms with van der Waals surface area (Å²) < 4.78 is 4.85. The van der Waals surface area contributed by atoms with Gasteiger partial charge in [0, 0.05) is 23.1 Å². The van der Waals surface area contributed by atoms with E-state index in [0.29, 0.717) is 5.56 Å². The molecule has 9 heteroatoms. The zero-order valence-electron chi connectivity index (χ0n) is 12.6. The van der Waals surface area contributed by atoms with Crippen molar-refractivity contribution in [1.29, 1.82) is 0 Å². The molecule has 0 fully saturated rings. The van der Waals surface area contributed by atoms with E-state index < -0.39 is 16.4 Å². The van der Waals surface area contributed by atoms with E-state index in [1.54, 1.807) is 0 Å². The van der Waals surface area contributed by atoms with Crippen LogP contribution in [0.15, 0.2) is 47.6 Å². The number of nitrogens with zero attached hydrogens (tertiary/aromatic N) is 2. The fraction of sp³-hybridized carbons (Fsp3) is 0.0667. The van der Waals surface area contributed by atoms with Crippen LogP contribution in [0.5, 0.6) is 11.5 Å². The number of rotatable bonds is 5. The zero-order valence-corrected chi connectivity index (χ0v) is 13.4. The van der Waals surface area contributed by atoms with Gasteiger partial charge in [0.15, 0.2) is 5.11 Å². The lowest BCUT2D eigenvalue weighted by atomic mass is 10.2. The Hall–Kier alpha value is -3.20. The van der Waals surface area contributed by atoms with Crippen molar-refractivity contribution in [1.82, 2.24) is 5.43 Å². The zero-order chi connectivity index (χ0) is 17.5. The van der Waals surface area contributed by atoms with E-state index >= 15 is 0 Å². The van der Waals surface area contributed by atoms with E-state index in [4.69, 9.17) is 17.0 Å². The Kier molecular flexibility index (Phi) is 5.63. The molecule has 0 heterocycles. The van der Waals surface area contributed by atoms with Gasteiger partial charge in [0.2, 0.25) is 0 Å². The number of hydrazone groups is 1. The summed E-state index contributed by atoms with van der Waals surface area (Å²) in [5.41, 5.74) is 3.12. The van der Waals surface area contributed by atoms with E-state index in [1.165, 1.54) is 19.4 Å². The summed E-state index contributed by atoms with van der Waals surface area (Å²) in [6, 6.07) is 11.7. The molecule has 124 valence electrons. The fourth-order valence-electron chi connectivity index (χ4n) is 1.82. The maximum Gasteiger partial charge on any atom is 0.266 e. The minimum absolute atomic E-state index is 0.129. The van der Waals surface area contributed by atoms with Crippen molar-refractivity contribution in [3.63, 3.8) is 0 Å². The van der Waals surface area contributed by atoms with Crippen LogP contribution in [0, 0.1) is 10.1 Å². The molecule has 0 saturated carbocycles. The summed E-state index contributed by atoms with van der Waals surface area (Å²) in [6.07, 6.45) is 1.30. The first-order chi connectivity index (χ1) is 11.5. The molecule has 0 amide bonds. The summed E-state index contributed by atoms with van der Waals surface area (Å²) in [5.74, 6) is -0.912. The number of benzene rings is 2. The molecule has 0 unspecified atom stereocenters. The topological polar surface area (TPSA) is 112 Å². The first kappa shape index (κ1) is 17.2. The average Bonchev–Trinajstić information content (AvgIpc) is 2.56. The molecule has 0 aromatic heterocycles. The van der Waals surface area contributed by atoms with Gasteiger partial charge in [-0.1, -0.05) is 18.2 Å². The maximum absolute atomic E-state index is 11.7. The number of nitro benzene ring substituents is 1. The van der Waals surface area contributed by atoms with Crippen LogP contribution in [0.4, 0.5) is 11.4 Å². The van der Waals surface area contributed by atoms with E-state index in [0.717, 1.165) is 11.8 Å². The monoisotopic (exact) mass is 345 g/mol. The van der Waals surface area contributed by atoms with Crippen LogP contribution in [-0.2, 0) is 0 Å². The minimum Gasteiger partial charge on any atom is -0.865 e. The van der Waals surface area contributed by atoms with Crippen LogP contribution in [0.2, 0.25) is 0 Å². The SMILES string of the molecule is COc1cc(/C=N\NC(=S)Nc2ccccc2)cc([N+](=O)[O-])c1[O-]. The molecule has 0 aliphatic rings. The van der Waals surface area contributed by atoms with Crippen molar-refractivity contribution in [2.45, 2.75) is 0 Å². The third-order valence-electron chi connectivity index (χ3n) is 2.89. The second kappa shape index (κ2) is 7.88. The normalized spacial score (nSPS) is 10.4. The quantitative estimate of drug-likeness (QED) is 0.369. The number of nitrogens with one attached hydrogen (secondary N) is 2. The van der Waals surface area contributed by atoms with Gasteiger partial charge in [-0.15, -0.1) is 0 Å². The lowest BCUT2D eigenvalue weighted by Gasteiger charge is -2.13. The molecule has 2 aromatic rings. The molecular formula is C15H13N4O4S-. The van der Waals surface area contributed by atoms with Gasteiger partial charge >= 0.3 is 0 Å². The van der Waals surface area contributed by atoms with Crippen molar-refractivity contribution >= 4 is 34.9 Å². The lowest BCUT2D eigenvalue weighted by Crippen LogP contribution is -2.23. The highest BCUT2D eigenvalue weighted by molar-refractivity contribution is 7.80. The number of ether oxygens (including phenoxy) is 1. The fourth-order valence-corrected chi connectivity index (χ4v) is 1.99. The number of para-hydroxylation sites is 1. The molecule has 0 atom stereocenters. The molecule has 8 nitrogen and oxygen atoms in total. The second-order valence-electron chi connectivity index (χ2n) is 4.52. The van der Waals surface area contributed by atoms with Gasteiger partial charge in [0.1, 0.15) is 5.75 Å². The average molecular weight is 345 g/mol. The van der Waals surface area contributed by atoms with Crippen molar-refractivity contribution in [2.24, 2.45) is 5.10 Å². The summed E-state index contributed by atoms with van der Waals surface area (Å²) in [4.78, 5) is 10.1. The highest BCUT2D eigenvalue weighted by Crippen LogP contribution is 2.33. The summed E-state index contributed by atoms with van der Waals surface area (Å²) >= 11 is 5.07. The van der Waals surface area contributed by atoms with Crippen LogP contribution in [0.1, 0.15) is 5.56 Å². The van der Waals surface area contributed by atoms with E-state index in [9.17, 15) is 15.2 Å². The highest BCUT2D eigenvalue weighted by Gasteiger charge is 2.12. The largest absolute Gasteiger partial charge is 0.865 e. The lowest BCUT2D eigenvalue weighted by molar-refractivity contribution is -0.398. The van der Waals surface area contributed by atoms with E-state index in [1.807, 2.05) is 30.3 Å². The third-order valence-corrected chi connectivity index (χ3v) is 3.08. The first-order valence-corrected chi connectivity index (χ1v) is 7.10. The minimum atomic E-state index is -0.783. The third kappa shape index (κ3) is 4.40. The first-order valence-electron chi connectivity index (χ1n) is 6.70. The van der Waals surface area contributed by atoms with Gasteiger partial charge in [0.25, 0.3) is 5.69 Å². The Bertz CT molecular complexity index is 781. The van der Waals surface area contributed by atoms with Crippen LogP contribution < -0.4 is 20.6 Å². The number of hydrogen-bond donors (Lipinski definition) is 2. The Morgan fingerprint density at radius 3 is 2.67 bits per heavy atom. The number of nitro groups is 1. The molecule has 2 aromatic carbocycles. The Balaban J connectivity index is 2.07. The summed E-state index contributed by atoms with van der Waals surface area (Å²) in [5, 5.41) is 29.7.